The van der Waals surface area contributed by atoms with Crippen LogP contribution in [0.4, 0.5) is 0 Å². The maximum Gasteiger partial charge on any atom is 0.272 e. The summed E-state index contributed by atoms with van der Waals surface area (Å²) in [7, 11) is 1.64. The number of carbonyl (C=O) groups excluding carboxylic acids is 1. The number of ether oxygens (including phenoxy) is 1. The van der Waals surface area contributed by atoms with Gasteiger partial charge in [-0.05, 0) is 29.7 Å². The molecule has 174 valence electrons. The van der Waals surface area contributed by atoms with Crippen LogP contribution >= 0.6 is 23.1 Å². The van der Waals surface area contributed by atoms with Gasteiger partial charge in [-0.1, -0.05) is 66.4 Å². The number of aromatic nitrogens is 2. The second kappa shape index (κ2) is 11.2. The van der Waals surface area contributed by atoms with Gasteiger partial charge in [0.2, 0.25) is 5.91 Å². The molecule has 0 saturated heterocycles. The quantitative estimate of drug-likeness (QED) is 0.197. The second-order valence-electron chi connectivity index (χ2n) is 7.49. The normalized spacial score (nSPS) is 10.9. The van der Waals surface area contributed by atoms with E-state index in [-0.39, 0.29) is 17.2 Å². The molecule has 0 unspecified atom stereocenters. The van der Waals surface area contributed by atoms with E-state index in [0.29, 0.717) is 34.9 Å². The summed E-state index contributed by atoms with van der Waals surface area (Å²) in [6.07, 6.45) is 2.33. The van der Waals surface area contributed by atoms with Crippen molar-refractivity contribution in [1.29, 1.82) is 0 Å². The number of nitrogens with one attached hydrogen (secondary N) is 1. The number of carbonyl (C=O) groups is 1. The third kappa shape index (κ3) is 5.40. The largest absolute Gasteiger partial charge is 0.496 e. The highest BCUT2D eigenvalue weighted by atomic mass is 32.2. The van der Waals surface area contributed by atoms with E-state index in [1.165, 1.54) is 23.1 Å². The maximum atomic E-state index is 13.2. The van der Waals surface area contributed by atoms with Crippen LogP contribution in [0.5, 0.6) is 5.75 Å². The average molecular weight is 492 g/mol. The Hall–Kier alpha value is -3.36. The molecule has 4 aromatic rings. The fourth-order valence-corrected chi connectivity index (χ4v) is 5.45. The first kappa shape index (κ1) is 23.8. The lowest BCUT2D eigenvalue weighted by Crippen LogP contribution is -2.28. The van der Waals surface area contributed by atoms with Crippen LogP contribution in [-0.4, -0.2) is 34.9 Å². The lowest BCUT2D eigenvalue weighted by molar-refractivity contribution is -0.118. The SMILES string of the molecule is C=CCn1c(SCC(=O)NCCc2ccccc2OC)nc2cc(-c3ccccc3)sc2c1=O. The Morgan fingerprint density at radius 1 is 1.21 bits per heavy atom. The molecule has 0 spiro atoms. The standard InChI is InChI=1S/C26H25N3O3S2/c1-3-15-29-25(31)24-20(16-22(34-24)19-10-5-4-6-11-19)28-26(29)33-17-23(30)27-14-13-18-9-7-8-12-21(18)32-2/h3-12,16H,1,13-15,17H2,2H3,(H,27,30). The van der Waals surface area contributed by atoms with Crippen molar-refractivity contribution >= 4 is 39.2 Å². The highest BCUT2D eigenvalue weighted by Gasteiger charge is 2.16. The van der Waals surface area contributed by atoms with Crippen molar-refractivity contribution in [3.05, 3.63) is 89.2 Å². The van der Waals surface area contributed by atoms with E-state index in [0.717, 1.165) is 21.8 Å². The van der Waals surface area contributed by atoms with Crippen molar-refractivity contribution in [1.82, 2.24) is 14.9 Å². The van der Waals surface area contributed by atoms with Gasteiger partial charge in [-0.15, -0.1) is 17.9 Å². The molecule has 0 bridgehead atoms. The highest BCUT2D eigenvalue weighted by Crippen LogP contribution is 2.32. The summed E-state index contributed by atoms with van der Waals surface area (Å²) in [6, 6.07) is 19.6. The molecule has 0 atom stereocenters. The number of thiophene rings is 1. The first-order valence-corrected chi connectivity index (χ1v) is 12.6. The number of methoxy groups -OCH3 is 1. The van der Waals surface area contributed by atoms with Gasteiger partial charge in [0.25, 0.3) is 5.56 Å². The van der Waals surface area contributed by atoms with E-state index in [4.69, 9.17) is 9.72 Å². The molecule has 2 heterocycles. The summed E-state index contributed by atoms with van der Waals surface area (Å²) in [6.45, 7) is 4.59. The number of hydrogen-bond acceptors (Lipinski definition) is 6. The third-order valence-electron chi connectivity index (χ3n) is 5.21. The third-order valence-corrected chi connectivity index (χ3v) is 7.35. The molecule has 34 heavy (non-hydrogen) atoms. The minimum Gasteiger partial charge on any atom is -0.496 e. The Kier molecular flexibility index (Phi) is 7.82. The Morgan fingerprint density at radius 2 is 1.97 bits per heavy atom. The second-order valence-corrected chi connectivity index (χ2v) is 9.49. The van der Waals surface area contributed by atoms with Crippen molar-refractivity contribution in [2.45, 2.75) is 18.1 Å². The smallest absolute Gasteiger partial charge is 0.272 e. The maximum absolute atomic E-state index is 13.2. The number of allylic oxidation sites excluding steroid dienone is 1. The highest BCUT2D eigenvalue weighted by molar-refractivity contribution is 7.99. The van der Waals surface area contributed by atoms with Gasteiger partial charge < -0.3 is 10.1 Å². The minimum atomic E-state index is -0.116. The number of benzene rings is 2. The zero-order valence-corrected chi connectivity index (χ0v) is 20.5. The number of thioether (sulfide) groups is 1. The van der Waals surface area contributed by atoms with Gasteiger partial charge >= 0.3 is 0 Å². The van der Waals surface area contributed by atoms with Crippen molar-refractivity contribution in [3.8, 4) is 16.2 Å². The summed E-state index contributed by atoms with van der Waals surface area (Å²) in [5.74, 6) is 0.855. The van der Waals surface area contributed by atoms with Crippen molar-refractivity contribution in [2.75, 3.05) is 19.4 Å². The van der Waals surface area contributed by atoms with Gasteiger partial charge in [0.15, 0.2) is 5.16 Å². The Bertz CT molecular complexity index is 1360. The summed E-state index contributed by atoms with van der Waals surface area (Å²) in [5.41, 5.74) is 2.62. The molecule has 0 fully saturated rings. The average Bonchev–Trinajstić information content (AvgIpc) is 3.30. The molecule has 8 heteroatoms. The Balaban J connectivity index is 1.47. The van der Waals surface area contributed by atoms with Gasteiger partial charge in [0.05, 0.1) is 18.4 Å². The minimum absolute atomic E-state index is 0.115. The molecular formula is C26H25N3O3S2. The van der Waals surface area contributed by atoms with Crippen LogP contribution in [0.3, 0.4) is 0 Å². The van der Waals surface area contributed by atoms with Gasteiger partial charge in [-0.3, -0.25) is 14.2 Å². The van der Waals surface area contributed by atoms with Crippen LogP contribution in [0.15, 0.2) is 83.3 Å². The number of amides is 1. The van der Waals surface area contributed by atoms with E-state index in [9.17, 15) is 9.59 Å². The lowest BCUT2D eigenvalue weighted by Gasteiger charge is -2.11. The Labute approximate surface area is 206 Å². The van der Waals surface area contributed by atoms with E-state index >= 15 is 0 Å². The Morgan fingerprint density at radius 3 is 2.74 bits per heavy atom. The summed E-state index contributed by atoms with van der Waals surface area (Å²) in [4.78, 5) is 31.4. The monoisotopic (exact) mass is 491 g/mol. The van der Waals surface area contributed by atoms with Gasteiger partial charge in [-0.2, -0.15) is 0 Å². The lowest BCUT2D eigenvalue weighted by atomic mass is 10.1. The van der Waals surface area contributed by atoms with Crippen LogP contribution in [0.25, 0.3) is 20.7 Å². The van der Waals surface area contributed by atoms with Crippen molar-refractivity contribution in [2.24, 2.45) is 0 Å². The first-order valence-electron chi connectivity index (χ1n) is 10.8. The van der Waals surface area contributed by atoms with Gasteiger partial charge in [0.1, 0.15) is 10.4 Å². The fraction of sp³-hybridized carbons (Fsp3) is 0.192. The number of fused-ring (bicyclic) bond motifs is 1. The zero-order chi connectivity index (χ0) is 23.9. The molecule has 4 rings (SSSR count). The van der Waals surface area contributed by atoms with Crippen LogP contribution in [0, 0.1) is 0 Å². The van der Waals surface area contributed by atoms with E-state index in [1.807, 2.05) is 60.7 Å². The predicted octanol–water partition coefficient (Wildman–Crippen LogP) is 4.77. The van der Waals surface area contributed by atoms with Crippen LogP contribution < -0.4 is 15.6 Å². The van der Waals surface area contributed by atoms with Crippen LogP contribution in [-0.2, 0) is 17.8 Å². The summed E-state index contributed by atoms with van der Waals surface area (Å²) in [5, 5.41) is 3.44. The first-order chi connectivity index (χ1) is 16.6. The van der Waals surface area contributed by atoms with Crippen LogP contribution in [0.1, 0.15) is 5.56 Å². The number of nitrogens with zero attached hydrogens (tertiary/aromatic N) is 2. The zero-order valence-electron chi connectivity index (χ0n) is 18.8. The van der Waals surface area contributed by atoms with Crippen molar-refractivity contribution in [3.63, 3.8) is 0 Å². The van der Waals surface area contributed by atoms with E-state index < -0.39 is 0 Å². The molecule has 1 amide bonds. The number of para-hydroxylation sites is 1. The molecule has 0 aliphatic rings. The van der Waals surface area contributed by atoms with E-state index in [1.54, 1.807) is 17.8 Å². The molecule has 2 aromatic carbocycles. The number of rotatable bonds is 10. The molecule has 0 aliphatic carbocycles. The fourth-order valence-electron chi connectivity index (χ4n) is 3.56. The molecule has 6 nitrogen and oxygen atoms in total. The van der Waals surface area contributed by atoms with Crippen LogP contribution in [0.2, 0.25) is 0 Å². The molecule has 0 aliphatic heterocycles. The summed E-state index contributed by atoms with van der Waals surface area (Å²) >= 11 is 2.69. The molecule has 1 N–H and O–H groups in total. The van der Waals surface area contributed by atoms with Gasteiger partial charge in [-0.25, -0.2) is 4.98 Å². The molecule has 2 aromatic heterocycles. The van der Waals surface area contributed by atoms with Crippen molar-refractivity contribution < 1.29 is 9.53 Å². The van der Waals surface area contributed by atoms with E-state index in [2.05, 4.69) is 11.9 Å². The molecule has 0 saturated carbocycles. The summed E-state index contributed by atoms with van der Waals surface area (Å²) < 4.78 is 7.54. The van der Waals surface area contributed by atoms with Gasteiger partial charge in [0, 0.05) is 18.0 Å². The molecule has 0 radical (unpaired) electrons. The number of hydrogen-bond donors (Lipinski definition) is 1. The molecular weight excluding hydrogens is 466 g/mol. The predicted molar refractivity (Wildman–Crippen MR) is 140 cm³/mol. The topological polar surface area (TPSA) is 73.2 Å².